The molecule has 1 aliphatic heterocycles. The molecule has 1 unspecified atom stereocenters. The van der Waals surface area contributed by atoms with Gasteiger partial charge in [0.15, 0.2) is 23.4 Å². The third kappa shape index (κ3) is 5.93. The molecular formula is C23H28F3N5O. The van der Waals surface area contributed by atoms with E-state index in [2.05, 4.69) is 38.0 Å². The third-order valence-corrected chi connectivity index (χ3v) is 5.23. The van der Waals surface area contributed by atoms with Crippen LogP contribution in [0, 0.1) is 17.5 Å². The fourth-order valence-corrected chi connectivity index (χ4v) is 3.54. The highest BCUT2D eigenvalue weighted by Gasteiger charge is 2.16. The number of halogens is 3. The second kappa shape index (κ2) is 10.9. The third-order valence-electron chi connectivity index (χ3n) is 5.23. The zero-order valence-corrected chi connectivity index (χ0v) is 18.2. The number of rotatable bonds is 7. The Morgan fingerprint density at radius 2 is 1.88 bits per heavy atom. The van der Waals surface area contributed by atoms with Crippen LogP contribution in [0.2, 0.25) is 0 Å². The smallest absolute Gasteiger partial charge is 0.246 e. The van der Waals surface area contributed by atoms with Gasteiger partial charge in [0.2, 0.25) is 5.91 Å². The fourth-order valence-electron chi connectivity index (χ4n) is 3.54. The van der Waals surface area contributed by atoms with Gasteiger partial charge in [0.05, 0.1) is 11.7 Å². The molecule has 0 saturated carbocycles. The molecule has 3 rings (SSSR count). The zero-order valence-electron chi connectivity index (χ0n) is 18.2. The zero-order chi connectivity index (χ0) is 23.1. The topological polar surface area (TPSA) is 68.8 Å². The Bertz CT molecular complexity index is 976. The SMILES string of the molecule is CCNC(=NCC(=O)Nc1ccc(F)c(F)c1F)NC(C)c1cccc(N2CCCC2)c1. The predicted molar refractivity (Wildman–Crippen MR) is 120 cm³/mol. The summed E-state index contributed by atoms with van der Waals surface area (Å²) in [5.74, 6) is -4.65. The Hall–Kier alpha value is -3.23. The monoisotopic (exact) mass is 447 g/mol. The van der Waals surface area contributed by atoms with Crippen molar-refractivity contribution < 1.29 is 18.0 Å². The van der Waals surface area contributed by atoms with Crippen LogP contribution in [0.3, 0.4) is 0 Å². The Morgan fingerprint density at radius 1 is 1.12 bits per heavy atom. The minimum absolute atomic E-state index is 0.0814. The standard InChI is InChI=1S/C23H28F3N5O/c1-3-27-23(28-14-20(32)30-19-10-9-18(24)21(25)22(19)26)29-15(2)16-7-6-8-17(13-16)31-11-4-5-12-31/h6-10,13,15H,3-5,11-12,14H2,1-2H3,(H,30,32)(H2,27,28,29). The highest BCUT2D eigenvalue weighted by molar-refractivity contribution is 5.94. The Balaban J connectivity index is 1.63. The maximum Gasteiger partial charge on any atom is 0.246 e. The van der Waals surface area contributed by atoms with E-state index < -0.39 is 29.0 Å². The summed E-state index contributed by atoms with van der Waals surface area (Å²) in [5, 5.41) is 8.53. The largest absolute Gasteiger partial charge is 0.372 e. The van der Waals surface area contributed by atoms with Gasteiger partial charge in [0.1, 0.15) is 6.54 Å². The second-order valence-corrected chi connectivity index (χ2v) is 7.62. The van der Waals surface area contributed by atoms with E-state index in [1.165, 1.54) is 18.5 Å². The van der Waals surface area contributed by atoms with Crippen molar-refractivity contribution >= 4 is 23.2 Å². The average Bonchev–Trinajstić information content (AvgIpc) is 3.33. The maximum atomic E-state index is 13.8. The minimum atomic E-state index is -1.63. The lowest BCUT2D eigenvalue weighted by Gasteiger charge is -2.22. The minimum Gasteiger partial charge on any atom is -0.372 e. The van der Waals surface area contributed by atoms with Crippen LogP contribution in [0.4, 0.5) is 24.5 Å². The number of benzene rings is 2. The first kappa shape index (κ1) is 23.4. The van der Waals surface area contributed by atoms with Gasteiger partial charge in [0, 0.05) is 25.3 Å². The first-order chi connectivity index (χ1) is 15.4. The molecule has 6 nitrogen and oxygen atoms in total. The first-order valence-electron chi connectivity index (χ1n) is 10.7. The number of aliphatic imine (C=N–C) groups is 1. The van der Waals surface area contributed by atoms with Gasteiger partial charge < -0.3 is 20.9 Å². The van der Waals surface area contributed by atoms with Crippen LogP contribution in [-0.4, -0.2) is 38.0 Å². The fraction of sp³-hybridized carbons (Fsp3) is 0.391. The number of hydrogen-bond acceptors (Lipinski definition) is 3. The van der Waals surface area contributed by atoms with Gasteiger partial charge in [-0.05, 0) is 56.5 Å². The van der Waals surface area contributed by atoms with E-state index in [1.54, 1.807) is 0 Å². The molecule has 2 aromatic rings. The first-order valence-corrected chi connectivity index (χ1v) is 10.7. The molecule has 32 heavy (non-hydrogen) atoms. The number of carbonyl (C=O) groups excluding carboxylic acids is 1. The molecule has 0 bridgehead atoms. The molecule has 3 N–H and O–H groups in total. The number of nitrogens with one attached hydrogen (secondary N) is 3. The van der Waals surface area contributed by atoms with Crippen LogP contribution < -0.4 is 20.9 Å². The van der Waals surface area contributed by atoms with Crippen molar-refractivity contribution in [1.29, 1.82) is 0 Å². The van der Waals surface area contributed by atoms with Crippen molar-refractivity contribution in [2.24, 2.45) is 4.99 Å². The van der Waals surface area contributed by atoms with E-state index in [-0.39, 0.29) is 12.6 Å². The molecule has 172 valence electrons. The van der Waals surface area contributed by atoms with Crippen LogP contribution >= 0.6 is 0 Å². The van der Waals surface area contributed by atoms with E-state index in [0.717, 1.165) is 30.8 Å². The summed E-state index contributed by atoms with van der Waals surface area (Å²) in [5.41, 5.74) is 1.82. The highest BCUT2D eigenvalue weighted by atomic mass is 19.2. The number of guanidine groups is 1. The van der Waals surface area contributed by atoms with E-state index >= 15 is 0 Å². The van der Waals surface area contributed by atoms with Gasteiger partial charge in [0.25, 0.3) is 0 Å². The molecular weight excluding hydrogens is 419 g/mol. The lowest BCUT2D eigenvalue weighted by molar-refractivity contribution is -0.114. The Kier molecular flexibility index (Phi) is 7.97. The van der Waals surface area contributed by atoms with Gasteiger partial charge in [-0.15, -0.1) is 0 Å². The van der Waals surface area contributed by atoms with Gasteiger partial charge in [-0.1, -0.05) is 12.1 Å². The molecule has 1 fully saturated rings. The summed E-state index contributed by atoms with van der Waals surface area (Å²) in [4.78, 5) is 18.7. The summed E-state index contributed by atoms with van der Waals surface area (Å²) in [6, 6.07) is 9.93. The van der Waals surface area contributed by atoms with E-state index in [0.29, 0.717) is 12.5 Å². The Morgan fingerprint density at radius 3 is 2.59 bits per heavy atom. The van der Waals surface area contributed by atoms with Gasteiger partial charge in [-0.3, -0.25) is 4.79 Å². The van der Waals surface area contributed by atoms with Crippen LogP contribution in [0.1, 0.15) is 38.3 Å². The summed E-state index contributed by atoms with van der Waals surface area (Å²) < 4.78 is 40.1. The van der Waals surface area contributed by atoms with E-state index in [9.17, 15) is 18.0 Å². The second-order valence-electron chi connectivity index (χ2n) is 7.62. The average molecular weight is 448 g/mol. The van der Waals surface area contributed by atoms with Gasteiger partial charge in [-0.2, -0.15) is 0 Å². The highest BCUT2D eigenvalue weighted by Crippen LogP contribution is 2.24. The van der Waals surface area contributed by atoms with Crippen LogP contribution in [0.15, 0.2) is 41.4 Å². The predicted octanol–water partition coefficient (Wildman–Crippen LogP) is 3.96. The maximum absolute atomic E-state index is 13.8. The number of carbonyl (C=O) groups is 1. The molecule has 0 spiro atoms. The molecule has 1 saturated heterocycles. The van der Waals surface area contributed by atoms with Crippen molar-refractivity contribution in [2.75, 3.05) is 36.4 Å². The molecule has 1 aliphatic rings. The molecule has 1 amide bonds. The van der Waals surface area contributed by atoms with Crippen molar-refractivity contribution in [3.63, 3.8) is 0 Å². The van der Waals surface area contributed by atoms with Crippen LogP contribution in [0.25, 0.3) is 0 Å². The quantitative estimate of drug-likeness (QED) is 0.342. The van der Waals surface area contributed by atoms with Gasteiger partial charge >= 0.3 is 0 Å². The molecule has 2 aromatic carbocycles. The van der Waals surface area contributed by atoms with E-state index in [4.69, 9.17) is 0 Å². The number of nitrogens with zero attached hydrogens (tertiary/aromatic N) is 2. The van der Waals surface area contributed by atoms with Crippen LogP contribution in [-0.2, 0) is 4.79 Å². The van der Waals surface area contributed by atoms with Crippen molar-refractivity contribution in [1.82, 2.24) is 10.6 Å². The Labute approximate surface area is 185 Å². The van der Waals surface area contributed by atoms with Crippen molar-refractivity contribution in [3.8, 4) is 0 Å². The summed E-state index contributed by atoms with van der Waals surface area (Å²) in [6.07, 6.45) is 2.40. The number of amides is 1. The lowest BCUT2D eigenvalue weighted by Crippen LogP contribution is -2.39. The molecule has 1 atom stereocenters. The summed E-state index contributed by atoms with van der Waals surface area (Å²) in [7, 11) is 0. The van der Waals surface area contributed by atoms with E-state index in [1.807, 2.05) is 26.0 Å². The van der Waals surface area contributed by atoms with Crippen LogP contribution in [0.5, 0.6) is 0 Å². The summed E-state index contributed by atoms with van der Waals surface area (Å²) in [6.45, 7) is 6.26. The number of anilines is 2. The summed E-state index contributed by atoms with van der Waals surface area (Å²) >= 11 is 0. The van der Waals surface area contributed by atoms with Crippen molar-refractivity contribution in [3.05, 3.63) is 59.4 Å². The van der Waals surface area contributed by atoms with Crippen molar-refractivity contribution in [2.45, 2.75) is 32.7 Å². The lowest BCUT2D eigenvalue weighted by atomic mass is 10.1. The molecule has 1 heterocycles. The molecule has 0 radical (unpaired) electrons. The molecule has 9 heteroatoms. The number of hydrogen-bond donors (Lipinski definition) is 3. The molecule has 0 aromatic heterocycles. The normalized spacial score (nSPS) is 14.9. The molecule has 0 aliphatic carbocycles. The van der Waals surface area contributed by atoms with Gasteiger partial charge in [-0.25, -0.2) is 18.2 Å².